The maximum absolute atomic E-state index is 13.0. The number of carbonyl (C=O) groups is 2. The first kappa shape index (κ1) is 22.7. The molecule has 2 aromatic rings. The number of halogens is 2. The zero-order valence-electron chi connectivity index (χ0n) is 18.7. The largest absolute Gasteiger partial charge is 0.356 e. The van der Waals surface area contributed by atoms with Crippen LogP contribution in [0.15, 0.2) is 30.5 Å². The third-order valence-corrected chi connectivity index (χ3v) is 8.29. The quantitative estimate of drug-likeness (QED) is 0.495. The molecule has 2 amide bonds. The van der Waals surface area contributed by atoms with Crippen molar-refractivity contribution in [2.45, 2.75) is 57.9 Å². The SMILES string of the molecule is O=C(CCCNC(=O)C12CC3CC(CC(C3)C1)C2)Nc1ccnn1Cc1ccc(Cl)cc1Cl. The molecule has 0 radical (unpaired) electrons. The first-order chi connectivity index (χ1) is 15.9. The van der Waals surface area contributed by atoms with Gasteiger partial charge in [-0.05, 0) is 80.4 Å². The van der Waals surface area contributed by atoms with E-state index in [1.165, 1.54) is 19.3 Å². The van der Waals surface area contributed by atoms with E-state index < -0.39 is 0 Å². The van der Waals surface area contributed by atoms with Crippen molar-refractivity contribution in [3.8, 4) is 0 Å². The van der Waals surface area contributed by atoms with Gasteiger partial charge in [0.05, 0.1) is 12.7 Å². The summed E-state index contributed by atoms with van der Waals surface area (Å²) in [6.07, 6.45) is 9.77. The molecule has 4 bridgehead atoms. The van der Waals surface area contributed by atoms with Gasteiger partial charge in [-0.3, -0.25) is 9.59 Å². The predicted octanol–water partition coefficient (Wildman–Crippen LogP) is 5.29. The summed E-state index contributed by atoms with van der Waals surface area (Å²) >= 11 is 12.2. The first-order valence-corrected chi connectivity index (χ1v) is 12.7. The Hall–Kier alpha value is -2.05. The van der Waals surface area contributed by atoms with Crippen molar-refractivity contribution in [2.75, 3.05) is 11.9 Å². The molecule has 176 valence electrons. The lowest BCUT2D eigenvalue weighted by molar-refractivity contribution is -0.146. The number of anilines is 1. The number of hydrogen-bond acceptors (Lipinski definition) is 3. The number of nitrogens with zero attached hydrogens (tertiary/aromatic N) is 2. The molecule has 0 aliphatic heterocycles. The van der Waals surface area contributed by atoms with Crippen LogP contribution in [0.2, 0.25) is 10.0 Å². The highest BCUT2D eigenvalue weighted by molar-refractivity contribution is 6.35. The maximum Gasteiger partial charge on any atom is 0.226 e. The van der Waals surface area contributed by atoms with Crippen LogP contribution in [0, 0.1) is 23.2 Å². The highest BCUT2D eigenvalue weighted by atomic mass is 35.5. The van der Waals surface area contributed by atoms with E-state index >= 15 is 0 Å². The molecule has 4 aliphatic carbocycles. The Morgan fingerprint density at radius 1 is 1.06 bits per heavy atom. The zero-order valence-corrected chi connectivity index (χ0v) is 20.2. The van der Waals surface area contributed by atoms with Gasteiger partial charge < -0.3 is 10.6 Å². The summed E-state index contributed by atoms with van der Waals surface area (Å²) < 4.78 is 1.70. The Labute approximate surface area is 204 Å². The van der Waals surface area contributed by atoms with Crippen LogP contribution in [0.3, 0.4) is 0 Å². The van der Waals surface area contributed by atoms with Crippen molar-refractivity contribution in [3.63, 3.8) is 0 Å². The van der Waals surface area contributed by atoms with E-state index in [1.54, 1.807) is 29.1 Å². The topological polar surface area (TPSA) is 76.0 Å². The average Bonchev–Trinajstić information content (AvgIpc) is 3.18. The first-order valence-electron chi connectivity index (χ1n) is 11.9. The van der Waals surface area contributed by atoms with Crippen molar-refractivity contribution in [1.82, 2.24) is 15.1 Å². The van der Waals surface area contributed by atoms with Gasteiger partial charge in [0.2, 0.25) is 11.8 Å². The van der Waals surface area contributed by atoms with Gasteiger partial charge in [-0.2, -0.15) is 5.10 Å². The van der Waals surface area contributed by atoms with E-state index in [0.29, 0.717) is 41.8 Å². The minimum atomic E-state index is -0.132. The highest BCUT2D eigenvalue weighted by Crippen LogP contribution is 2.60. The molecule has 1 heterocycles. The summed E-state index contributed by atoms with van der Waals surface area (Å²) in [5, 5.41) is 11.5. The van der Waals surface area contributed by atoms with Gasteiger partial charge in [0.15, 0.2) is 0 Å². The summed E-state index contributed by atoms with van der Waals surface area (Å²) in [5.74, 6) is 2.99. The third kappa shape index (κ3) is 4.92. The summed E-state index contributed by atoms with van der Waals surface area (Å²) in [5.41, 5.74) is 0.736. The van der Waals surface area contributed by atoms with Crippen molar-refractivity contribution < 1.29 is 9.59 Å². The molecule has 2 N–H and O–H groups in total. The molecule has 6 rings (SSSR count). The Bertz CT molecular complexity index is 1020. The summed E-state index contributed by atoms with van der Waals surface area (Å²) in [7, 11) is 0. The Kier molecular flexibility index (Phi) is 6.41. The average molecular weight is 489 g/mol. The van der Waals surface area contributed by atoms with Crippen LogP contribution in [0.4, 0.5) is 5.82 Å². The fourth-order valence-electron chi connectivity index (χ4n) is 6.61. The van der Waals surface area contributed by atoms with Gasteiger partial charge in [0.25, 0.3) is 0 Å². The van der Waals surface area contributed by atoms with E-state index in [-0.39, 0.29) is 17.2 Å². The van der Waals surface area contributed by atoms with Crippen molar-refractivity contribution in [3.05, 3.63) is 46.1 Å². The molecule has 1 aromatic carbocycles. The van der Waals surface area contributed by atoms with Gasteiger partial charge >= 0.3 is 0 Å². The van der Waals surface area contributed by atoms with Crippen molar-refractivity contribution in [2.24, 2.45) is 23.2 Å². The molecule has 8 heteroatoms. The second-order valence-corrected chi connectivity index (χ2v) is 11.1. The van der Waals surface area contributed by atoms with Gasteiger partial charge in [-0.25, -0.2) is 4.68 Å². The molecule has 0 unspecified atom stereocenters. The van der Waals surface area contributed by atoms with Crippen LogP contribution in [0.25, 0.3) is 0 Å². The Balaban J connectivity index is 1.08. The lowest BCUT2D eigenvalue weighted by atomic mass is 9.49. The molecular weight excluding hydrogens is 459 g/mol. The van der Waals surface area contributed by atoms with E-state index in [4.69, 9.17) is 23.2 Å². The minimum absolute atomic E-state index is 0.0944. The summed E-state index contributed by atoms with van der Waals surface area (Å²) in [6, 6.07) is 7.08. The predicted molar refractivity (Wildman–Crippen MR) is 129 cm³/mol. The molecule has 0 atom stereocenters. The smallest absolute Gasteiger partial charge is 0.226 e. The molecule has 4 saturated carbocycles. The second-order valence-electron chi connectivity index (χ2n) is 10.2. The van der Waals surface area contributed by atoms with Crippen molar-refractivity contribution in [1.29, 1.82) is 0 Å². The molecule has 0 saturated heterocycles. The molecular formula is C25H30Cl2N4O2. The molecule has 0 spiro atoms. The number of nitrogens with one attached hydrogen (secondary N) is 2. The van der Waals surface area contributed by atoms with Crippen LogP contribution in [0.5, 0.6) is 0 Å². The molecule has 4 aliphatic rings. The van der Waals surface area contributed by atoms with Gasteiger partial charge in [0, 0.05) is 34.5 Å². The Morgan fingerprint density at radius 2 is 1.76 bits per heavy atom. The fraction of sp³-hybridized carbons (Fsp3) is 0.560. The van der Waals surface area contributed by atoms with Crippen molar-refractivity contribution >= 4 is 40.8 Å². The molecule has 4 fully saturated rings. The van der Waals surface area contributed by atoms with Crippen LogP contribution in [0.1, 0.15) is 56.9 Å². The fourth-order valence-corrected chi connectivity index (χ4v) is 7.08. The third-order valence-electron chi connectivity index (χ3n) is 7.71. The van der Waals surface area contributed by atoms with E-state index in [2.05, 4.69) is 15.7 Å². The number of benzene rings is 1. The number of hydrogen-bond donors (Lipinski definition) is 2. The second kappa shape index (κ2) is 9.30. The van der Waals surface area contributed by atoms with E-state index in [9.17, 15) is 9.59 Å². The number of aromatic nitrogens is 2. The lowest BCUT2D eigenvalue weighted by Gasteiger charge is -2.55. The maximum atomic E-state index is 13.0. The van der Waals surface area contributed by atoms with Crippen LogP contribution >= 0.6 is 23.2 Å². The van der Waals surface area contributed by atoms with Gasteiger partial charge in [0.1, 0.15) is 5.82 Å². The number of amides is 2. The standard InChI is InChI=1S/C25H30Cl2N4O2/c26-20-4-3-19(21(27)11-20)15-31-22(5-7-29-31)30-23(32)2-1-6-28-24(33)25-12-16-8-17(13-25)10-18(9-16)14-25/h3-5,7,11,16-18H,1-2,6,8-10,12-15H2,(H,28,33)(H,30,32). The summed E-state index contributed by atoms with van der Waals surface area (Å²) in [4.78, 5) is 25.5. The van der Waals surface area contributed by atoms with E-state index in [1.807, 2.05) is 6.07 Å². The molecule has 6 nitrogen and oxygen atoms in total. The Morgan fingerprint density at radius 3 is 2.42 bits per heavy atom. The molecule has 33 heavy (non-hydrogen) atoms. The number of rotatable bonds is 8. The van der Waals surface area contributed by atoms with Gasteiger partial charge in [-0.15, -0.1) is 0 Å². The molecule has 1 aromatic heterocycles. The van der Waals surface area contributed by atoms with Crippen LogP contribution in [-0.4, -0.2) is 28.1 Å². The normalized spacial score (nSPS) is 27.5. The highest BCUT2D eigenvalue weighted by Gasteiger charge is 2.54. The minimum Gasteiger partial charge on any atom is -0.356 e. The number of carbonyl (C=O) groups excluding carboxylic acids is 2. The summed E-state index contributed by atoms with van der Waals surface area (Å²) in [6.45, 7) is 0.966. The van der Waals surface area contributed by atoms with E-state index in [0.717, 1.165) is 42.6 Å². The zero-order chi connectivity index (χ0) is 23.0. The van der Waals surface area contributed by atoms with Crippen LogP contribution < -0.4 is 10.6 Å². The van der Waals surface area contributed by atoms with Crippen LogP contribution in [-0.2, 0) is 16.1 Å². The lowest BCUT2D eigenvalue weighted by Crippen LogP contribution is -2.53. The van der Waals surface area contributed by atoms with Gasteiger partial charge in [-0.1, -0.05) is 29.3 Å². The monoisotopic (exact) mass is 488 g/mol.